The first-order valence-corrected chi connectivity index (χ1v) is 3.19. The van der Waals surface area contributed by atoms with Crippen LogP contribution in [-0.4, -0.2) is 11.4 Å². The summed E-state index contributed by atoms with van der Waals surface area (Å²) in [6.45, 7) is 1.58. The summed E-state index contributed by atoms with van der Waals surface area (Å²) < 4.78 is 4.97. The minimum Gasteiger partial charge on any atom is -2.00 e. The number of aliphatic hydroxyl groups is 1. The molecule has 1 atom stereocenters. The Morgan fingerprint density at radius 1 is 1.25 bits per heavy atom. The average Bonchev–Trinajstić information content (AvgIpc) is 1.88. The molecule has 4 heteroatoms. The van der Waals surface area contributed by atoms with Gasteiger partial charge in [-0.05, 0) is 19.1 Å². The van der Waals surface area contributed by atoms with E-state index in [0.29, 0.717) is 5.75 Å². The molecular formula is C8H10O3Zn. The van der Waals surface area contributed by atoms with Crippen LogP contribution in [-0.2, 0) is 25.0 Å². The number of hydrogen-bond donors (Lipinski definition) is 1. The molecule has 0 amide bonds. The zero-order chi connectivity index (χ0) is 7.40. The third-order valence-electron chi connectivity index (χ3n) is 1.05. The molecule has 1 rings (SSSR count). The van der Waals surface area contributed by atoms with Gasteiger partial charge >= 0.3 is 19.5 Å². The van der Waals surface area contributed by atoms with Crippen LogP contribution in [0.4, 0.5) is 0 Å². The Labute approximate surface area is 84.4 Å². The molecule has 0 bridgehead atoms. The zero-order valence-corrected chi connectivity index (χ0v) is 9.90. The third-order valence-corrected chi connectivity index (χ3v) is 1.05. The topological polar surface area (TPSA) is 58.0 Å². The van der Waals surface area contributed by atoms with Gasteiger partial charge in [-0.25, -0.2) is 0 Å². The standard InChI is InChI=1S/C8H10O2.O.Zn/c1-7(9)10-8-5-3-2-4-6-8;;/h2-7,9H,1H3;;/q;-2;+2. The third kappa shape index (κ3) is 5.24. The summed E-state index contributed by atoms with van der Waals surface area (Å²) >= 11 is 0. The minimum absolute atomic E-state index is 0. The molecule has 1 N–H and O–H groups in total. The SMILES string of the molecule is CC(O)Oc1ccccc1.[O-2].[Zn+2]. The first-order valence-electron chi connectivity index (χ1n) is 3.19. The van der Waals surface area contributed by atoms with Crippen LogP contribution in [0.1, 0.15) is 6.92 Å². The van der Waals surface area contributed by atoms with Gasteiger partial charge in [-0.3, -0.25) is 0 Å². The van der Waals surface area contributed by atoms with Crippen LogP contribution < -0.4 is 4.74 Å². The molecule has 0 aliphatic heterocycles. The van der Waals surface area contributed by atoms with Gasteiger partial charge in [0.15, 0.2) is 6.29 Å². The Kier molecular flexibility index (Phi) is 8.49. The van der Waals surface area contributed by atoms with Gasteiger partial charge in [0.1, 0.15) is 5.75 Å². The Morgan fingerprint density at radius 2 is 1.75 bits per heavy atom. The maximum atomic E-state index is 8.78. The second kappa shape index (κ2) is 7.23. The maximum absolute atomic E-state index is 8.78. The summed E-state index contributed by atoms with van der Waals surface area (Å²) in [6, 6.07) is 9.21. The van der Waals surface area contributed by atoms with E-state index in [1.807, 2.05) is 18.2 Å². The Morgan fingerprint density at radius 3 is 2.17 bits per heavy atom. The van der Waals surface area contributed by atoms with Gasteiger partial charge in [-0.2, -0.15) is 0 Å². The number of hydrogen-bond acceptors (Lipinski definition) is 2. The largest absolute Gasteiger partial charge is 2.00 e. The van der Waals surface area contributed by atoms with Crippen molar-refractivity contribution >= 4 is 0 Å². The Balaban J connectivity index is 0. The monoisotopic (exact) mass is 218 g/mol. The van der Waals surface area contributed by atoms with E-state index in [-0.39, 0.29) is 25.0 Å². The van der Waals surface area contributed by atoms with Crippen molar-refractivity contribution in [2.45, 2.75) is 13.2 Å². The van der Waals surface area contributed by atoms with E-state index in [0.717, 1.165) is 0 Å². The Hall–Kier alpha value is -0.437. The van der Waals surface area contributed by atoms with Crippen molar-refractivity contribution in [3.8, 4) is 5.75 Å². The van der Waals surface area contributed by atoms with E-state index in [1.165, 1.54) is 0 Å². The fraction of sp³-hybridized carbons (Fsp3) is 0.250. The van der Waals surface area contributed by atoms with Gasteiger partial charge in [-0.15, -0.1) is 0 Å². The van der Waals surface area contributed by atoms with E-state index in [9.17, 15) is 0 Å². The molecule has 3 nitrogen and oxygen atoms in total. The minimum atomic E-state index is -0.734. The molecule has 0 fully saturated rings. The van der Waals surface area contributed by atoms with Crippen molar-refractivity contribution in [2.75, 3.05) is 0 Å². The van der Waals surface area contributed by atoms with E-state index in [1.54, 1.807) is 19.1 Å². The second-order valence-electron chi connectivity index (χ2n) is 2.03. The smallest absolute Gasteiger partial charge is 2.00 e. The van der Waals surface area contributed by atoms with Crippen LogP contribution >= 0.6 is 0 Å². The summed E-state index contributed by atoms with van der Waals surface area (Å²) in [4.78, 5) is 0. The molecule has 0 aromatic heterocycles. The van der Waals surface area contributed by atoms with Gasteiger partial charge in [-0.1, -0.05) is 18.2 Å². The molecule has 0 heterocycles. The van der Waals surface area contributed by atoms with Gasteiger partial charge in [0.2, 0.25) is 0 Å². The van der Waals surface area contributed by atoms with Crippen LogP contribution in [0.15, 0.2) is 30.3 Å². The molecule has 0 aliphatic carbocycles. The predicted molar refractivity (Wildman–Crippen MR) is 39.4 cm³/mol. The van der Waals surface area contributed by atoms with Crippen LogP contribution in [0.5, 0.6) is 5.75 Å². The van der Waals surface area contributed by atoms with Crippen LogP contribution in [0.3, 0.4) is 0 Å². The quantitative estimate of drug-likeness (QED) is 0.602. The van der Waals surface area contributed by atoms with Crippen molar-refractivity contribution < 1.29 is 34.8 Å². The number of aliphatic hydroxyl groups excluding tert-OH is 1. The van der Waals surface area contributed by atoms with Crippen molar-refractivity contribution in [2.24, 2.45) is 0 Å². The van der Waals surface area contributed by atoms with Crippen molar-refractivity contribution in [1.29, 1.82) is 0 Å². The van der Waals surface area contributed by atoms with Crippen molar-refractivity contribution in [3.63, 3.8) is 0 Å². The number of ether oxygens (including phenoxy) is 1. The van der Waals surface area contributed by atoms with Crippen LogP contribution in [0, 0.1) is 0 Å². The van der Waals surface area contributed by atoms with Gasteiger partial charge in [0.25, 0.3) is 0 Å². The molecule has 1 aromatic rings. The fourth-order valence-electron chi connectivity index (χ4n) is 0.696. The van der Waals surface area contributed by atoms with E-state index >= 15 is 0 Å². The summed E-state index contributed by atoms with van der Waals surface area (Å²) in [6.07, 6.45) is -0.734. The number of para-hydroxylation sites is 1. The summed E-state index contributed by atoms with van der Waals surface area (Å²) in [7, 11) is 0. The first kappa shape index (κ1) is 14.1. The summed E-state index contributed by atoms with van der Waals surface area (Å²) in [5.41, 5.74) is 0. The summed E-state index contributed by atoms with van der Waals surface area (Å²) in [5.74, 6) is 0.692. The molecule has 1 unspecified atom stereocenters. The first-order chi connectivity index (χ1) is 4.79. The van der Waals surface area contributed by atoms with Gasteiger partial charge in [0, 0.05) is 0 Å². The Bertz CT molecular complexity index is 189. The predicted octanol–water partition coefficient (Wildman–Crippen LogP) is 1.28. The van der Waals surface area contributed by atoms with Crippen LogP contribution in [0.25, 0.3) is 0 Å². The molecule has 0 saturated carbocycles. The second-order valence-corrected chi connectivity index (χ2v) is 2.03. The van der Waals surface area contributed by atoms with Gasteiger partial charge < -0.3 is 15.3 Å². The van der Waals surface area contributed by atoms with Gasteiger partial charge in [0.05, 0.1) is 0 Å². The maximum Gasteiger partial charge on any atom is 2.00 e. The normalized spacial score (nSPS) is 10.5. The molecule has 1 aromatic carbocycles. The van der Waals surface area contributed by atoms with Crippen LogP contribution in [0.2, 0.25) is 0 Å². The summed E-state index contributed by atoms with van der Waals surface area (Å²) in [5, 5.41) is 8.78. The van der Waals surface area contributed by atoms with E-state index in [2.05, 4.69) is 0 Å². The average molecular weight is 220 g/mol. The fourth-order valence-corrected chi connectivity index (χ4v) is 0.696. The zero-order valence-electron chi connectivity index (χ0n) is 6.93. The number of rotatable bonds is 2. The molecular weight excluding hydrogens is 209 g/mol. The molecule has 0 saturated heterocycles. The van der Waals surface area contributed by atoms with Crippen molar-refractivity contribution in [1.82, 2.24) is 0 Å². The van der Waals surface area contributed by atoms with Crippen molar-refractivity contribution in [3.05, 3.63) is 30.3 Å². The molecule has 62 valence electrons. The van der Waals surface area contributed by atoms with E-state index < -0.39 is 6.29 Å². The number of benzene rings is 1. The molecule has 0 radical (unpaired) electrons. The molecule has 0 spiro atoms. The molecule has 0 aliphatic rings. The molecule has 12 heavy (non-hydrogen) atoms. The van der Waals surface area contributed by atoms with E-state index in [4.69, 9.17) is 9.84 Å².